The van der Waals surface area contributed by atoms with Crippen LogP contribution in [0.2, 0.25) is 0 Å². The summed E-state index contributed by atoms with van der Waals surface area (Å²) >= 11 is 0. The standard InChI is InChI=1S/C12H21NO2/c1-4-13-12(10(3)15-5-2)8-11-6-7-14-9-11/h6-7,9-10,12-13H,4-5,8H2,1-3H3. The van der Waals surface area contributed by atoms with Gasteiger partial charge in [-0.3, -0.25) is 0 Å². The van der Waals surface area contributed by atoms with Crippen molar-refractivity contribution >= 4 is 0 Å². The second kappa shape index (κ2) is 6.64. The Morgan fingerprint density at radius 2 is 2.27 bits per heavy atom. The van der Waals surface area contributed by atoms with E-state index in [9.17, 15) is 0 Å². The third-order valence-corrected chi connectivity index (χ3v) is 2.50. The molecule has 1 aromatic rings. The lowest BCUT2D eigenvalue weighted by molar-refractivity contribution is 0.0480. The van der Waals surface area contributed by atoms with Crippen LogP contribution in [-0.4, -0.2) is 25.3 Å². The SMILES string of the molecule is CCNC(Cc1ccoc1)C(C)OCC. The van der Waals surface area contributed by atoms with Crippen molar-refractivity contribution in [1.82, 2.24) is 5.32 Å². The molecule has 3 nitrogen and oxygen atoms in total. The van der Waals surface area contributed by atoms with Crippen LogP contribution in [0.3, 0.4) is 0 Å². The van der Waals surface area contributed by atoms with Gasteiger partial charge in [0.25, 0.3) is 0 Å². The highest BCUT2D eigenvalue weighted by Gasteiger charge is 2.17. The van der Waals surface area contributed by atoms with Gasteiger partial charge in [0.1, 0.15) is 0 Å². The summed E-state index contributed by atoms with van der Waals surface area (Å²) in [5.41, 5.74) is 1.22. The van der Waals surface area contributed by atoms with Gasteiger partial charge in [-0.05, 0) is 38.4 Å². The minimum Gasteiger partial charge on any atom is -0.472 e. The maximum absolute atomic E-state index is 5.61. The number of hydrogen-bond donors (Lipinski definition) is 1. The minimum atomic E-state index is 0.227. The molecule has 0 saturated carbocycles. The van der Waals surface area contributed by atoms with Crippen LogP contribution in [-0.2, 0) is 11.2 Å². The van der Waals surface area contributed by atoms with Gasteiger partial charge in [-0.25, -0.2) is 0 Å². The molecule has 2 atom stereocenters. The molecule has 3 heteroatoms. The molecule has 0 spiro atoms. The first kappa shape index (κ1) is 12.3. The van der Waals surface area contributed by atoms with Gasteiger partial charge in [-0.1, -0.05) is 6.92 Å². The monoisotopic (exact) mass is 211 g/mol. The van der Waals surface area contributed by atoms with Crippen molar-refractivity contribution in [3.05, 3.63) is 24.2 Å². The summed E-state index contributed by atoms with van der Waals surface area (Å²) in [7, 11) is 0. The molecule has 15 heavy (non-hydrogen) atoms. The van der Waals surface area contributed by atoms with Crippen molar-refractivity contribution in [3.63, 3.8) is 0 Å². The maximum Gasteiger partial charge on any atom is 0.0935 e. The lowest BCUT2D eigenvalue weighted by Gasteiger charge is -2.24. The third kappa shape index (κ3) is 4.06. The molecule has 0 saturated heterocycles. The molecule has 1 N–H and O–H groups in total. The molecule has 0 aliphatic carbocycles. The van der Waals surface area contributed by atoms with Gasteiger partial charge in [0.2, 0.25) is 0 Å². The Labute approximate surface area is 91.8 Å². The Morgan fingerprint density at radius 3 is 2.80 bits per heavy atom. The van der Waals surface area contributed by atoms with Crippen LogP contribution in [0.4, 0.5) is 0 Å². The van der Waals surface area contributed by atoms with Gasteiger partial charge in [0, 0.05) is 12.6 Å². The summed E-state index contributed by atoms with van der Waals surface area (Å²) in [5, 5.41) is 3.44. The summed E-state index contributed by atoms with van der Waals surface area (Å²) in [6.07, 6.45) is 4.68. The van der Waals surface area contributed by atoms with Crippen molar-refractivity contribution in [2.45, 2.75) is 39.3 Å². The van der Waals surface area contributed by atoms with E-state index in [1.54, 1.807) is 12.5 Å². The van der Waals surface area contributed by atoms with Crippen LogP contribution < -0.4 is 5.32 Å². The second-order valence-corrected chi connectivity index (χ2v) is 3.66. The van der Waals surface area contributed by atoms with Gasteiger partial charge in [-0.15, -0.1) is 0 Å². The third-order valence-electron chi connectivity index (χ3n) is 2.50. The maximum atomic E-state index is 5.61. The fraction of sp³-hybridized carbons (Fsp3) is 0.667. The van der Waals surface area contributed by atoms with E-state index in [1.807, 2.05) is 13.0 Å². The highest BCUT2D eigenvalue weighted by Crippen LogP contribution is 2.09. The zero-order chi connectivity index (χ0) is 11.1. The van der Waals surface area contributed by atoms with Gasteiger partial charge in [0.05, 0.1) is 18.6 Å². The predicted molar refractivity (Wildman–Crippen MR) is 61.0 cm³/mol. The average Bonchev–Trinajstić information content (AvgIpc) is 2.70. The number of rotatable bonds is 7. The molecule has 86 valence electrons. The number of likely N-dealkylation sites (N-methyl/N-ethyl adjacent to an activating group) is 1. The van der Waals surface area contributed by atoms with E-state index in [-0.39, 0.29) is 6.10 Å². The molecule has 0 aliphatic heterocycles. The van der Waals surface area contributed by atoms with Crippen molar-refractivity contribution < 1.29 is 9.15 Å². The number of nitrogens with one attached hydrogen (secondary N) is 1. The highest BCUT2D eigenvalue weighted by atomic mass is 16.5. The Hall–Kier alpha value is -0.800. The van der Waals surface area contributed by atoms with Crippen molar-refractivity contribution in [2.24, 2.45) is 0 Å². The van der Waals surface area contributed by atoms with Gasteiger partial charge >= 0.3 is 0 Å². The first-order chi connectivity index (χ1) is 7.27. The second-order valence-electron chi connectivity index (χ2n) is 3.66. The molecular weight excluding hydrogens is 190 g/mol. The zero-order valence-electron chi connectivity index (χ0n) is 9.82. The lowest BCUT2D eigenvalue weighted by atomic mass is 10.0. The van der Waals surface area contributed by atoms with Gasteiger partial charge in [0.15, 0.2) is 0 Å². The Bertz CT molecular complexity index is 246. The summed E-state index contributed by atoms with van der Waals surface area (Å²) in [6.45, 7) is 7.96. The average molecular weight is 211 g/mol. The molecule has 2 unspecified atom stereocenters. The minimum absolute atomic E-state index is 0.227. The number of furan rings is 1. The van der Waals surface area contributed by atoms with E-state index in [0.29, 0.717) is 6.04 Å². The Kier molecular flexibility index (Phi) is 5.43. The summed E-state index contributed by atoms with van der Waals surface area (Å²) in [5.74, 6) is 0. The summed E-state index contributed by atoms with van der Waals surface area (Å²) in [6, 6.07) is 2.36. The molecule has 0 aliphatic rings. The normalized spacial score (nSPS) is 15.1. The molecular formula is C12H21NO2. The summed E-state index contributed by atoms with van der Waals surface area (Å²) < 4.78 is 10.7. The number of hydrogen-bond acceptors (Lipinski definition) is 3. The topological polar surface area (TPSA) is 34.4 Å². The van der Waals surface area contributed by atoms with E-state index in [1.165, 1.54) is 5.56 Å². The molecule has 0 amide bonds. The Balaban J connectivity index is 2.49. The molecule has 0 radical (unpaired) electrons. The Morgan fingerprint density at radius 1 is 1.47 bits per heavy atom. The van der Waals surface area contributed by atoms with E-state index < -0.39 is 0 Å². The van der Waals surface area contributed by atoms with E-state index in [4.69, 9.17) is 9.15 Å². The van der Waals surface area contributed by atoms with E-state index in [2.05, 4.69) is 19.2 Å². The number of ether oxygens (including phenoxy) is 1. The van der Waals surface area contributed by atoms with E-state index in [0.717, 1.165) is 19.6 Å². The lowest BCUT2D eigenvalue weighted by Crippen LogP contribution is -2.41. The van der Waals surface area contributed by atoms with Crippen LogP contribution in [0, 0.1) is 0 Å². The first-order valence-corrected chi connectivity index (χ1v) is 5.64. The fourth-order valence-electron chi connectivity index (χ4n) is 1.71. The van der Waals surface area contributed by atoms with Gasteiger partial charge < -0.3 is 14.5 Å². The van der Waals surface area contributed by atoms with Crippen LogP contribution in [0.15, 0.2) is 23.0 Å². The predicted octanol–water partition coefficient (Wildman–Crippen LogP) is 2.23. The fourth-order valence-corrected chi connectivity index (χ4v) is 1.71. The van der Waals surface area contributed by atoms with Crippen molar-refractivity contribution in [3.8, 4) is 0 Å². The van der Waals surface area contributed by atoms with Crippen molar-refractivity contribution in [1.29, 1.82) is 0 Å². The molecule has 0 fully saturated rings. The van der Waals surface area contributed by atoms with Crippen LogP contribution in [0.25, 0.3) is 0 Å². The molecule has 1 heterocycles. The van der Waals surface area contributed by atoms with Crippen LogP contribution >= 0.6 is 0 Å². The summed E-state index contributed by atoms with van der Waals surface area (Å²) in [4.78, 5) is 0. The van der Waals surface area contributed by atoms with Crippen LogP contribution in [0.1, 0.15) is 26.3 Å². The van der Waals surface area contributed by atoms with E-state index >= 15 is 0 Å². The molecule has 1 rings (SSSR count). The van der Waals surface area contributed by atoms with Gasteiger partial charge in [-0.2, -0.15) is 0 Å². The van der Waals surface area contributed by atoms with Crippen molar-refractivity contribution in [2.75, 3.05) is 13.2 Å². The quantitative estimate of drug-likeness (QED) is 0.751. The molecule has 0 bridgehead atoms. The smallest absolute Gasteiger partial charge is 0.0935 e. The zero-order valence-corrected chi connectivity index (χ0v) is 9.82. The largest absolute Gasteiger partial charge is 0.472 e. The molecule has 0 aromatic carbocycles. The molecule has 1 aromatic heterocycles. The first-order valence-electron chi connectivity index (χ1n) is 5.64. The highest BCUT2D eigenvalue weighted by molar-refractivity contribution is 5.08. The van der Waals surface area contributed by atoms with Crippen LogP contribution in [0.5, 0.6) is 0 Å².